The molecule has 14 aromatic rings. The molecule has 0 bridgehead atoms. The second kappa shape index (κ2) is 15.9. The Morgan fingerprint density at radius 2 is 0.709 bits per heavy atom. The van der Waals surface area contributed by atoms with E-state index in [0.717, 1.165) is 17.6 Å². The lowest BCUT2D eigenvalue weighted by molar-refractivity contribution is 0.793. The molecule has 0 amide bonds. The molecule has 1 aliphatic heterocycles. The highest BCUT2D eigenvalue weighted by molar-refractivity contribution is 9.10. The van der Waals surface area contributed by atoms with Gasteiger partial charge in [0, 0.05) is 61.3 Å². The number of benzene rings is 12. The Hall–Kier alpha value is -9.28. The van der Waals surface area contributed by atoms with Crippen LogP contribution in [0.25, 0.3) is 99.2 Å². The predicted molar refractivity (Wildman–Crippen MR) is 329 cm³/mol. The number of rotatable bonds is 2. The molecule has 0 fully saturated rings. The highest BCUT2D eigenvalue weighted by atomic mass is 79.9. The first kappa shape index (κ1) is 43.8. The smallest absolute Gasteiger partial charge is 0.0726 e. The zero-order valence-corrected chi connectivity index (χ0v) is 44.6. The number of fused-ring (bicyclic) bond motifs is 30. The van der Waals surface area contributed by atoms with Gasteiger partial charge in [0.2, 0.25) is 0 Å². The van der Waals surface area contributed by atoms with Crippen LogP contribution < -0.4 is 0 Å². The monoisotopic (exact) mass is 1070 g/mol. The molecule has 0 radical (unpaired) electrons. The Morgan fingerprint density at radius 1 is 0.304 bits per heavy atom. The van der Waals surface area contributed by atoms with Crippen molar-refractivity contribution in [2.75, 3.05) is 0 Å². The van der Waals surface area contributed by atoms with Crippen molar-refractivity contribution in [2.24, 2.45) is 0 Å². The number of halogens is 1. The molecule has 0 N–H and O–H groups in total. The van der Waals surface area contributed by atoms with Gasteiger partial charge in [-0.25, -0.2) is 0 Å². The van der Waals surface area contributed by atoms with E-state index in [-0.39, 0.29) is 10.8 Å². The first-order valence-corrected chi connectivity index (χ1v) is 28.5. The minimum absolute atomic E-state index is 0.306. The number of para-hydroxylation sites is 2. The van der Waals surface area contributed by atoms with E-state index in [4.69, 9.17) is 0 Å². The Labute approximate surface area is 466 Å². The van der Waals surface area contributed by atoms with Crippen LogP contribution in [0.5, 0.6) is 0 Å². The van der Waals surface area contributed by atoms with Crippen LogP contribution in [-0.2, 0) is 23.9 Å². The van der Waals surface area contributed by atoms with Crippen molar-refractivity contribution < 1.29 is 0 Å². The largest absolute Gasteiger partial charge is 0.335 e. The van der Waals surface area contributed by atoms with E-state index in [1.807, 2.05) is 0 Å². The predicted octanol–water partition coefficient (Wildman–Crippen LogP) is 19.1. The number of nitrogens with zero attached hydrogens (tertiary/aromatic N) is 2. The minimum atomic E-state index is -0.331. The fourth-order valence-corrected chi connectivity index (χ4v) is 16.4. The summed E-state index contributed by atoms with van der Waals surface area (Å²) in [7, 11) is 0. The lowest BCUT2D eigenvalue weighted by Crippen LogP contribution is -2.25. The summed E-state index contributed by atoms with van der Waals surface area (Å²) in [5.74, 6) is 0. The summed E-state index contributed by atoms with van der Waals surface area (Å²) < 4.78 is 6.31. The van der Waals surface area contributed by atoms with E-state index in [1.54, 1.807) is 0 Å². The van der Waals surface area contributed by atoms with E-state index in [0.29, 0.717) is 0 Å². The Morgan fingerprint density at radius 3 is 1.28 bits per heavy atom. The van der Waals surface area contributed by atoms with Gasteiger partial charge in [0.1, 0.15) is 0 Å². The van der Waals surface area contributed by atoms with Crippen LogP contribution in [0.4, 0.5) is 0 Å². The molecule has 3 heterocycles. The van der Waals surface area contributed by atoms with Crippen molar-refractivity contribution in [3.8, 4) is 55.6 Å². The van der Waals surface area contributed by atoms with Crippen LogP contribution in [-0.4, -0.2) is 9.13 Å². The fourth-order valence-electron chi connectivity index (χ4n) is 16.0. The van der Waals surface area contributed by atoms with E-state index < -0.39 is 0 Å². The maximum Gasteiger partial charge on any atom is 0.0726 e. The van der Waals surface area contributed by atoms with Crippen molar-refractivity contribution >= 4 is 59.5 Å². The highest BCUT2D eigenvalue weighted by Gasteiger charge is 2.54. The molecule has 3 heteroatoms. The molecule has 2 nitrogen and oxygen atoms in total. The van der Waals surface area contributed by atoms with Crippen molar-refractivity contribution in [1.82, 2.24) is 9.13 Å². The van der Waals surface area contributed by atoms with Gasteiger partial charge in [-0.3, -0.25) is 0 Å². The summed E-state index contributed by atoms with van der Waals surface area (Å²) in [4.78, 5) is 0. The topological polar surface area (TPSA) is 9.86 Å². The lowest BCUT2D eigenvalue weighted by Gasteiger charge is -2.30. The average Bonchev–Trinajstić information content (AvgIpc) is 2.60. The van der Waals surface area contributed by atoms with Gasteiger partial charge in [-0.05, 0) is 107 Å². The highest BCUT2D eigenvalue weighted by Crippen LogP contribution is 2.66. The third-order valence-corrected chi connectivity index (χ3v) is 19.6. The number of aromatic nitrogens is 2. The van der Waals surface area contributed by atoms with Crippen LogP contribution in [0.3, 0.4) is 0 Å². The SMILES string of the molecule is Brc1ccccc1Cn1c2ccccc2c2ccc3c(c21)-c1ccccc1C31c2ccccc2-c2ccccc21.c1ccc2c(c1)Cn1c3c-2cccc3c2ccc3c(c21)-c1ccccc1C31c2ccccc2-c2ccccc21. The van der Waals surface area contributed by atoms with Crippen LogP contribution in [0.15, 0.2) is 265 Å². The van der Waals surface area contributed by atoms with Crippen LogP contribution in [0.2, 0.25) is 0 Å². The first-order chi connectivity index (χ1) is 39.2. The average molecular weight is 1070 g/mol. The Kier molecular flexibility index (Phi) is 8.82. The standard InChI is InChI=1S/C38H24BrN.C38H23N/c39-34-19-9-1-11-24(34)23-40-35-20-10-5-14-27(35)28-21-22-33-36(37(28)40)29-15-4-8-18-32(29)38(33)30-16-6-2-12-25(30)26-13-3-7-17-31(26)38;1-2-11-24-23(10-1)22-39-36-27(24)15-9-16-28(36)29-20-21-34-35(37(29)39)30-14-5-8-19-33(30)38(34)31-17-6-3-12-25(31)26-13-4-7-18-32(26)38/h1-22H,23H2;1-21H,22H2. The van der Waals surface area contributed by atoms with E-state index in [1.165, 1.54) is 155 Å². The van der Waals surface area contributed by atoms with Gasteiger partial charge < -0.3 is 9.13 Å². The van der Waals surface area contributed by atoms with Gasteiger partial charge in [0.25, 0.3) is 0 Å². The number of hydrogen-bond donors (Lipinski definition) is 0. The van der Waals surface area contributed by atoms with Gasteiger partial charge in [-0.2, -0.15) is 0 Å². The summed E-state index contributed by atoms with van der Waals surface area (Å²) in [5.41, 5.74) is 32.1. The molecule has 0 saturated heterocycles. The van der Waals surface area contributed by atoms with Gasteiger partial charge >= 0.3 is 0 Å². The van der Waals surface area contributed by atoms with Crippen molar-refractivity contribution in [2.45, 2.75) is 23.9 Å². The van der Waals surface area contributed by atoms with E-state index >= 15 is 0 Å². The van der Waals surface area contributed by atoms with Crippen LogP contribution in [0.1, 0.15) is 55.6 Å². The maximum absolute atomic E-state index is 3.83. The molecule has 0 atom stereocenters. The molecular weight excluding hydrogens is 1020 g/mol. The third-order valence-electron chi connectivity index (χ3n) is 18.8. The summed E-state index contributed by atoms with van der Waals surface area (Å²) in [6.07, 6.45) is 0. The van der Waals surface area contributed by atoms with E-state index in [9.17, 15) is 0 Å². The Balaban J connectivity index is 0.000000123. The molecule has 2 spiro atoms. The molecule has 0 saturated carbocycles. The summed E-state index contributed by atoms with van der Waals surface area (Å²) >= 11 is 3.83. The summed E-state index contributed by atoms with van der Waals surface area (Å²) in [5, 5.41) is 5.32. The maximum atomic E-state index is 3.83. The molecule has 79 heavy (non-hydrogen) atoms. The summed E-state index contributed by atoms with van der Waals surface area (Å²) in [6.45, 7) is 1.69. The molecule has 2 aromatic heterocycles. The van der Waals surface area contributed by atoms with Crippen molar-refractivity contribution in [3.05, 3.63) is 321 Å². The zero-order valence-electron chi connectivity index (χ0n) is 43.0. The van der Waals surface area contributed by atoms with Crippen LogP contribution in [0, 0.1) is 0 Å². The second-order valence-electron chi connectivity index (χ2n) is 22.2. The van der Waals surface area contributed by atoms with Gasteiger partial charge in [-0.1, -0.05) is 265 Å². The fraction of sp³-hybridized carbons (Fsp3) is 0.0526. The normalized spacial score (nSPS) is 14.3. The van der Waals surface area contributed by atoms with E-state index in [2.05, 4.69) is 286 Å². The molecule has 0 unspecified atom stereocenters. The first-order valence-electron chi connectivity index (χ1n) is 27.7. The second-order valence-corrected chi connectivity index (χ2v) is 23.0. The molecule has 12 aromatic carbocycles. The molecule has 5 aliphatic rings. The van der Waals surface area contributed by atoms with Crippen molar-refractivity contribution in [1.29, 1.82) is 0 Å². The molecule has 368 valence electrons. The van der Waals surface area contributed by atoms with Gasteiger partial charge in [-0.15, -0.1) is 0 Å². The molecular formula is C76H47BrN2. The van der Waals surface area contributed by atoms with Crippen LogP contribution >= 0.6 is 15.9 Å². The van der Waals surface area contributed by atoms with Crippen molar-refractivity contribution in [3.63, 3.8) is 0 Å². The molecule has 19 rings (SSSR count). The molecule has 4 aliphatic carbocycles. The lowest BCUT2D eigenvalue weighted by atomic mass is 9.70. The van der Waals surface area contributed by atoms with Gasteiger partial charge in [0.05, 0.1) is 27.4 Å². The third kappa shape index (κ3) is 5.41. The Bertz CT molecular complexity index is 4910. The minimum Gasteiger partial charge on any atom is -0.335 e. The van der Waals surface area contributed by atoms with Gasteiger partial charge in [0.15, 0.2) is 0 Å². The number of hydrogen-bond acceptors (Lipinski definition) is 0. The quantitative estimate of drug-likeness (QED) is 0.163. The summed E-state index contributed by atoms with van der Waals surface area (Å²) in [6, 6.07) is 97.4. The zero-order chi connectivity index (χ0) is 51.7.